The highest BCUT2D eigenvalue weighted by Crippen LogP contribution is 2.30. The third kappa shape index (κ3) is 6.69. The number of guanidine groups is 1. The number of rotatable bonds is 8. The van der Waals surface area contributed by atoms with Crippen molar-refractivity contribution in [3.8, 4) is 5.75 Å². The molecule has 0 unspecified atom stereocenters. The highest BCUT2D eigenvalue weighted by Gasteiger charge is 2.36. The smallest absolute Gasteiger partial charge is 0.435 e. The Balaban J connectivity index is 2.13. The summed E-state index contributed by atoms with van der Waals surface area (Å²) in [6.07, 6.45) is -2.27. The molecule has 2 rings (SSSR count). The van der Waals surface area contributed by atoms with Crippen LogP contribution in [0.4, 0.5) is 13.2 Å². The summed E-state index contributed by atoms with van der Waals surface area (Å²) in [4.78, 5) is 4.30. The summed E-state index contributed by atoms with van der Waals surface area (Å²) in [7, 11) is 1.46. The van der Waals surface area contributed by atoms with Crippen molar-refractivity contribution in [3.05, 3.63) is 46.8 Å². The minimum Gasteiger partial charge on any atom is -0.493 e. The Kier molecular flexibility index (Phi) is 7.92. The Morgan fingerprint density at radius 2 is 1.97 bits per heavy atom. The molecule has 0 fully saturated rings. The van der Waals surface area contributed by atoms with Gasteiger partial charge in [-0.2, -0.15) is 18.3 Å². The number of alkyl halides is 3. The van der Waals surface area contributed by atoms with Crippen LogP contribution in [0.1, 0.15) is 42.7 Å². The van der Waals surface area contributed by atoms with Crippen LogP contribution in [0.2, 0.25) is 0 Å². The van der Waals surface area contributed by atoms with E-state index in [0.717, 1.165) is 28.0 Å². The zero-order chi connectivity index (χ0) is 21.4. The number of aromatic nitrogens is 2. The van der Waals surface area contributed by atoms with Crippen molar-refractivity contribution in [2.24, 2.45) is 12.0 Å². The van der Waals surface area contributed by atoms with Gasteiger partial charge in [0.05, 0.1) is 13.2 Å². The average molecular weight is 411 g/mol. The second-order valence-electron chi connectivity index (χ2n) is 6.68. The van der Waals surface area contributed by atoms with Crippen molar-refractivity contribution in [3.63, 3.8) is 0 Å². The van der Waals surface area contributed by atoms with Crippen LogP contribution in [-0.4, -0.2) is 28.9 Å². The lowest BCUT2D eigenvalue weighted by atomic mass is 10.1. The van der Waals surface area contributed by atoms with Crippen molar-refractivity contribution in [2.45, 2.75) is 46.5 Å². The highest BCUT2D eigenvalue weighted by atomic mass is 19.4. The van der Waals surface area contributed by atoms with Gasteiger partial charge in [0.25, 0.3) is 0 Å². The summed E-state index contributed by atoms with van der Waals surface area (Å²) in [5.41, 5.74) is 1.16. The topological polar surface area (TPSA) is 63.5 Å². The first-order valence-electron chi connectivity index (χ1n) is 9.58. The van der Waals surface area contributed by atoms with Crippen molar-refractivity contribution >= 4 is 5.96 Å². The first kappa shape index (κ1) is 22.6. The fourth-order valence-corrected chi connectivity index (χ4v) is 2.73. The zero-order valence-corrected chi connectivity index (χ0v) is 17.2. The first-order chi connectivity index (χ1) is 13.7. The van der Waals surface area contributed by atoms with E-state index in [4.69, 9.17) is 4.74 Å². The molecule has 0 saturated carbocycles. The minimum atomic E-state index is -4.51. The van der Waals surface area contributed by atoms with Gasteiger partial charge in [0, 0.05) is 37.5 Å². The number of nitrogens with zero attached hydrogens (tertiary/aromatic N) is 3. The number of aliphatic imine (C=N–C) groups is 1. The monoisotopic (exact) mass is 411 g/mol. The number of hydrogen-bond acceptors (Lipinski definition) is 3. The SMILES string of the molecule is CCCOc1cc(C)ccc1CNC(=NCc1cn(C)nc1C(F)(F)F)NCC. The lowest BCUT2D eigenvalue weighted by molar-refractivity contribution is -0.142. The molecule has 9 heteroatoms. The molecule has 1 aromatic heterocycles. The molecule has 1 heterocycles. The second kappa shape index (κ2) is 10.2. The Hall–Kier alpha value is -2.71. The van der Waals surface area contributed by atoms with E-state index in [-0.39, 0.29) is 12.1 Å². The lowest BCUT2D eigenvalue weighted by Crippen LogP contribution is -2.37. The molecule has 0 saturated heterocycles. The molecule has 2 aromatic rings. The summed E-state index contributed by atoms with van der Waals surface area (Å²) in [5, 5.41) is 9.72. The average Bonchev–Trinajstić information content (AvgIpc) is 3.04. The van der Waals surface area contributed by atoms with E-state index in [2.05, 4.69) is 20.7 Å². The van der Waals surface area contributed by atoms with Gasteiger partial charge in [0.1, 0.15) is 5.75 Å². The fourth-order valence-electron chi connectivity index (χ4n) is 2.73. The van der Waals surface area contributed by atoms with E-state index >= 15 is 0 Å². The number of hydrogen-bond donors (Lipinski definition) is 2. The van der Waals surface area contributed by atoms with Gasteiger partial charge in [-0.15, -0.1) is 0 Å². The van der Waals surface area contributed by atoms with Crippen LogP contribution in [0.3, 0.4) is 0 Å². The summed E-state index contributed by atoms with van der Waals surface area (Å²) >= 11 is 0. The molecule has 2 N–H and O–H groups in total. The number of nitrogens with one attached hydrogen (secondary N) is 2. The number of benzene rings is 1. The molecule has 0 atom stereocenters. The van der Waals surface area contributed by atoms with Gasteiger partial charge in [-0.3, -0.25) is 4.68 Å². The highest BCUT2D eigenvalue weighted by molar-refractivity contribution is 5.79. The largest absolute Gasteiger partial charge is 0.493 e. The van der Waals surface area contributed by atoms with E-state index in [1.165, 1.54) is 13.2 Å². The summed E-state index contributed by atoms with van der Waals surface area (Å²) in [6.45, 7) is 7.43. The fraction of sp³-hybridized carbons (Fsp3) is 0.500. The maximum absolute atomic E-state index is 13.1. The van der Waals surface area contributed by atoms with E-state index in [0.29, 0.717) is 25.7 Å². The Morgan fingerprint density at radius 1 is 1.21 bits per heavy atom. The van der Waals surface area contributed by atoms with Gasteiger partial charge in [-0.1, -0.05) is 19.1 Å². The van der Waals surface area contributed by atoms with Gasteiger partial charge in [-0.25, -0.2) is 4.99 Å². The van der Waals surface area contributed by atoms with Gasteiger partial charge in [0.2, 0.25) is 0 Å². The first-order valence-corrected chi connectivity index (χ1v) is 9.58. The predicted molar refractivity (Wildman–Crippen MR) is 107 cm³/mol. The predicted octanol–water partition coefficient (Wildman–Crippen LogP) is 3.79. The van der Waals surface area contributed by atoms with Crippen LogP contribution < -0.4 is 15.4 Å². The lowest BCUT2D eigenvalue weighted by Gasteiger charge is -2.15. The molecule has 0 amide bonds. The zero-order valence-electron chi connectivity index (χ0n) is 17.2. The molecule has 1 aromatic carbocycles. The minimum absolute atomic E-state index is 0.0273. The standard InChI is InChI=1S/C20H28F3N5O/c1-5-9-29-17-10-14(3)7-8-15(17)11-25-19(24-6-2)26-12-16-13-28(4)27-18(16)20(21,22)23/h7-8,10,13H,5-6,9,11-12H2,1-4H3,(H2,24,25,26). The molecule has 0 radical (unpaired) electrons. The molecule has 6 nitrogen and oxygen atoms in total. The molecule has 29 heavy (non-hydrogen) atoms. The maximum atomic E-state index is 13.1. The molecular weight excluding hydrogens is 383 g/mol. The molecule has 0 aliphatic rings. The van der Waals surface area contributed by atoms with Crippen molar-refractivity contribution < 1.29 is 17.9 Å². The molecular formula is C20H28F3N5O. The van der Waals surface area contributed by atoms with Crippen molar-refractivity contribution in [1.82, 2.24) is 20.4 Å². The van der Waals surface area contributed by atoms with E-state index < -0.39 is 11.9 Å². The summed E-state index contributed by atoms with van der Waals surface area (Å²) in [5.74, 6) is 1.22. The molecule has 0 bridgehead atoms. The van der Waals surface area contributed by atoms with Crippen LogP contribution in [0, 0.1) is 6.92 Å². The number of ether oxygens (including phenoxy) is 1. The van der Waals surface area contributed by atoms with Crippen molar-refractivity contribution in [2.75, 3.05) is 13.2 Å². The van der Waals surface area contributed by atoms with Crippen LogP contribution in [0.15, 0.2) is 29.4 Å². The van der Waals surface area contributed by atoms with Crippen LogP contribution in [0.5, 0.6) is 5.75 Å². The van der Waals surface area contributed by atoms with E-state index in [1.807, 2.05) is 39.0 Å². The third-order valence-corrected chi connectivity index (χ3v) is 4.06. The van der Waals surface area contributed by atoms with Crippen LogP contribution >= 0.6 is 0 Å². The van der Waals surface area contributed by atoms with Crippen molar-refractivity contribution in [1.29, 1.82) is 0 Å². The van der Waals surface area contributed by atoms with Crippen LogP contribution in [0.25, 0.3) is 0 Å². The molecule has 0 aliphatic heterocycles. The van der Waals surface area contributed by atoms with Gasteiger partial charge < -0.3 is 15.4 Å². The van der Waals surface area contributed by atoms with E-state index in [9.17, 15) is 13.2 Å². The molecule has 0 aliphatic carbocycles. The van der Waals surface area contributed by atoms with E-state index in [1.54, 1.807) is 0 Å². The number of aryl methyl sites for hydroxylation is 2. The van der Waals surface area contributed by atoms with Crippen LogP contribution in [-0.2, 0) is 26.3 Å². The second-order valence-corrected chi connectivity index (χ2v) is 6.68. The summed E-state index contributed by atoms with van der Waals surface area (Å²) in [6, 6.07) is 5.94. The van der Waals surface area contributed by atoms with Gasteiger partial charge >= 0.3 is 6.18 Å². The normalized spacial score (nSPS) is 12.2. The number of halogens is 3. The quantitative estimate of drug-likeness (QED) is 0.513. The summed E-state index contributed by atoms with van der Waals surface area (Å²) < 4.78 is 46.3. The Morgan fingerprint density at radius 3 is 2.62 bits per heavy atom. The third-order valence-electron chi connectivity index (χ3n) is 4.06. The Labute approximate surface area is 169 Å². The maximum Gasteiger partial charge on any atom is 0.435 e. The molecule has 0 spiro atoms. The van der Waals surface area contributed by atoms with Gasteiger partial charge in [-0.05, 0) is 31.9 Å². The Bertz CT molecular complexity index is 830. The molecule has 160 valence electrons. The van der Waals surface area contributed by atoms with Gasteiger partial charge in [0.15, 0.2) is 11.7 Å².